The van der Waals surface area contributed by atoms with E-state index in [2.05, 4.69) is 4.74 Å². The zero-order valence-electron chi connectivity index (χ0n) is 13.9. The van der Waals surface area contributed by atoms with Gasteiger partial charge in [-0.15, -0.1) is 23.1 Å². The molecule has 1 unspecified atom stereocenters. The molecule has 5 nitrogen and oxygen atoms in total. The molecule has 0 amide bonds. The van der Waals surface area contributed by atoms with Crippen LogP contribution in [-0.4, -0.2) is 38.1 Å². The van der Waals surface area contributed by atoms with E-state index in [0.29, 0.717) is 11.3 Å². The average molecular weight is 437 g/mol. The summed E-state index contributed by atoms with van der Waals surface area (Å²) < 4.78 is 70.2. The third-order valence-corrected chi connectivity index (χ3v) is 8.28. The Balaban J connectivity index is 1.94. The zero-order chi connectivity index (χ0) is 19.8. The molecule has 1 aromatic heterocycles. The van der Waals surface area contributed by atoms with Crippen LogP contribution in [-0.2, 0) is 20.9 Å². The summed E-state index contributed by atoms with van der Waals surface area (Å²) in [5.74, 6) is -0.260. The summed E-state index contributed by atoms with van der Waals surface area (Å²) in [6, 6.07) is 5.76. The molecule has 146 valence electrons. The summed E-state index contributed by atoms with van der Waals surface area (Å²) in [6.45, 7) is 0.190. The standard InChI is InChI=1S/C16H14F3NO4S3/c1-24-15(21)13-12(6-8-25-13)27(22,23)20-7-9-26-14(20)10-2-4-11(5-3-10)16(17,18)19/h2-6,8,14H,7,9H2,1H3. The Morgan fingerprint density at radius 3 is 2.48 bits per heavy atom. The van der Waals surface area contributed by atoms with Gasteiger partial charge >= 0.3 is 12.1 Å². The van der Waals surface area contributed by atoms with Crippen molar-refractivity contribution in [1.29, 1.82) is 0 Å². The van der Waals surface area contributed by atoms with Crippen LogP contribution in [0.3, 0.4) is 0 Å². The number of ether oxygens (including phenoxy) is 1. The van der Waals surface area contributed by atoms with Gasteiger partial charge in [-0.25, -0.2) is 13.2 Å². The van der Waals surface area contributed by atoms with Gasteiger partial charge in [-0.2, -0.15) is 17.5 Å². The van der Waals surface area contributed by atoms with Crippen LogP contribution in [0.5, 0.6) is 0 Å². The molecule has 3 rings (SSSR count). The largest absolute Gasteiger partial charge is 0.465 e. The van der Waals surface area contributed by atoms with Crippen molar-refractivity contribution < 1.29 is 31.1 Å². The minimum absolute atomic E-state index is 0.0273. The first-order chi connectivity index (χ1) is 12.7. The summed E-state index contributed by atoms with van der Waals surface area (Å²) in [7, 11) is -2.86. The molecule has 0 N–H and O–H groups in total. The summed E-state index contributed by atoms with van der Waals surface area (Å²) in [4.78, 5) is 11.7. The van der Waals surface area contributed by atoms with E-state index >= 15 is 0 Å². The number of benzene rings is 1. The Morgan fingerprint density at radius 1 is 1.22 bits per heavy atom. The van der Waals surface area contributed by atoms with Crippen LogP contribution >= 0.6 is 23.1 Å². The van der Waals surface area contributed by atoms with Gasteiger partial charge in [-0.1, -0.05) is 12.1 Å². The van der Waals surface area contributed by atoms with Gasteiger partial charge < -0.3 is 4.74 Å². The molecule has 0 radical (unpaired) electrons. The number of sulfonamides is 1. The number of esters is 1. The lowest BCUT2D eigenvalue weighted by molar-refractivity contribution is -0.137. The molecule has 1 aliphatic heterocycles. The first-order valence-electron chi connectivity index (χ1n) is 7.62. The number of alkyl halides is 3. The number of nitrogens with zero attached hydrogens (tertiary/aromatic N) is 1. The highest BCUT2D eigenvalue weighted by atomic mass is 32.2. The van der Waals surface area contributed by atoms with Gasteiger partial charge in [-0.3, -0.25) is 0 Å². The van der Waals surface area contributed by atoms with Gasteiger partial charge in [0.2, 0.25) is 10.0 Å². The molecule has 1 aliphatic rings. The number of methoxy groups -OCH3 is 1. The van der Waals surface area contributed by atoms with E-state index in [-0.39, 0.29) is 16.3 Å². The van der Waals surface area contributed by atoms with Crippen molar-refractivity contribution in [2.45, 2.75) is 16.4 Å². The first-order valence-corrected chi connectivity index (χ1v) is 11.0. The van der Waals surface area contributed by atoms with E-state index in [4.69, 9.17) is 0 Å². The monoisotopic (exact) mass is 437 g/mol. The van der Waals surface area contributed by atoms with E-state index in [9.17, 15) is 26.4 Å². The predicted molar refractivity (Wildman–Crippen MR) is 96.2 cm³/mol. The molecule has 1 aromatic carbocycles. The number of rotatable bonds is 4. The SMILES string of the molecule is COC(=O)c1sccc1S(=O)(=O)N1CCSC1c1ccc(C(F)(F)F)cc1. The van der Waals surface area contributed by atoms with Crippen molar-refractivity contribution in [2.75, 3.05) is 19.4 Å². The fourth-order valence-corrected chi connectivity index (χ4v) is 7.22. The number of hydrogen-bond donors (Lipinski definition) is 0. The molecule has 0 bridgehead atoms. The van der Waals surface area contributed by atoms with Crippen LogP contribution in [0.25, 0.3) is 0 Å². The topological polar surface area (TPSA) is 63.7 Å². The quantitative estimate of drug-likeness (QED) is 0.677. The summed E-state index contributed by atoms with van der Waals surface area (Å²) in [6.07, 6.45) is -4.46. The molecule has 1 saturated heterocycles. The molecule has 27 heavy (non-hydrogen) atoms. The fraction of sp³-hybridized carbons (Fsp3) is 0.312. The Bertz CT molecular complexity index is 939. The Morgan fingerprint density at radius 2 is 1.89 bits per heavy atom. The van der Waals surface area contributed by atoms with Crippen LogP contribution < -0.4 is 0 Å². The molecule has 0 spiro atoms. The second-order valence-corrected chi connectivity index (χ2v) is 9.53. The van der Waals surface area contributed by atoms with E-state index in [1.165, 1.54) is 39.6 Å². The maximum absolute atomic E-state index is 13.1. The average Bonchev–Trinajstić information content (AvgIpc) is 3.30. The van der Waals surface area contributed by atoms with Crippen molar-refractivity contribution >= 4 is 39.1 Å². The lowest BCUT2D eigenvalue weighted by Crippen LogP contribution is -2.31. The number of carbonyl (C=O) groups excluding carboxylic acids is 1. The second kappa shape index (κ2) is 7.46. The maximum Gasteiger partial charge on any atom is 0.416 e. The van der Waals surface area contributed by atoms with Gasteiger partial charge in [-0.05, 0) is 29.1 Å². The molecular formula is C16H14F3NO4S3. The first kappa shape index (κ1) is 20.2. The zero-order valence-corrected chi connectivity index (χ0v) is 16.3. The van der Waals surface area contributed by atoms with Crippen LogP contribution in [0.4, 0.5) is 13.2 Å². The van der Waals surface area contributed by atoms with Crippen LogP contribution in [0.15, 0.2) is 40.6 Å². The molecule has 11 heteroatoms. The number of hydrogen-bond acceptors (Lipinski definition) is 6. The Kier molecular flexibility index (Phi) is 5.57. The number of halogens is 3. The minimum atomic E-state index is -4.46. The van der Waals surface area contributed by atoms with Crippen LogP contribution in [0.2, 0.25) is 0 Å². The maximum atomic E-state index is 13.1. The van der Waals surface area contributed by atoms with Crippen molar-refractivity contribution in [3.8, 4) is 0 Å². The fourth-order valence-electron chi connectivity index (χ4n) is 2.67. The predicted octanol–water partition coefficient (Wildman–Crippen LogP) is 3.99. The molecule has 0 aliphatic carbocycles. The number of carbonyl (C=O) groups is 1. The molecule has 2 aromatic rings. The highest BCUT2D eigenvalue weighted by Gasteiger charge is 2.39. The normalized spacial score (nSPS) is 18.6. The van der Waals surface area contributed by atoms with Crippen molar-refractivity contribution in [3.05, 3.63) is 51.7 Å². The molecular weight excluding hydrogens is 423 g/mol. The summed E-state index contributed by atoms with van der Waals surface area (Å²) in [5.41, 5.74) is -0.349. The second-order valence-electron chi connectivity index (χ2n) is 5.56. The van der Waals surface area contributed by atoms with Crippen molar-refractivity contribution in [2.24, 2.45) is 0 Å². The molecule has 1 fully saturated rings. The highest BCUT2D eigenvalue weighted by Crippen LogP contribution is 2.43. The van der Waals surface area contributed by atoms with E-state index in [1.54, 1.807) is 0 Å². The number of thioether (sulfide) groups is 1. The smallest absolute Gasteiger partial charge is 0.416 e. The van der Waals surface area contributed by atoms with Crippen molar-refractivity contribution in [1.82, 2.24) is 4.31 Å². The number of thiophene rings is 1. The van der Waals surface area contributed by atoms with E-state index < -0.39 is 33.1 Å². The molecule has 0 saturated carbocycles. The molecule has 1 atom stereocenters. The van der Waals surface area contributed by atoms with Gasteiger partial charge in [0.05, 0.1) is 18.0 Å². The minimum Gasteiger partial charge on any atom is -0.465 e. The third-order valence-electron chi connectivity index (χ3n) is 3.96. The van der Waals surface area contributed by atoms with Gasteiger partial charge in [0.1, 0.15) is 9.77 Å². The van der Waals surface area contributed by atoms with Crippen molar-refractivity contribution in [3.63, 3.8) is 0 Å². The van der Waals surface area contributed by atoms with Gasteiger partial charge in [0.25, 0.3) is 0 Å². The van der Waals surface area contributed by atoms with Gasteiger partial charge in [0, 0.05) is 12.3 Å². The lowest BCUT2D eigenvalue weighted by Gasteiger charge is -2.23. The van der Waals surface area contributed by atoms with Gasteiger partial charge in [0.15, 0.2) is 0 Å². The Labute approximate surface area is 162 Å². The van der Waals surface area contributed by atoms with Crippen LogP contribution in [0.1, 0.15) is 26.2 Å². The third kappa shape index (κ3) is 3.86. The lowest BCUT2D eigenvalue weighted by atomic mass is 10.1. The van der Waals surface area contributed by atoms with Crippen LogP contribution in [0, 0.1) is 0 Å². The molecule has 2 heterocycles. The van der Waals surface area contributed by atoms with E-state index in [1.807, 2.05) is 0 Å². The van der Waals surface area contributed by atoms with E-state index in [0.717, 1.165) is 30.6 Å². The highest BCUT2D eigenvalue weighted by molar-refractivity contribution is 8.01. The summed E-state index contributed by atoms with van der Waals surface area (Å²) >= 11 is 2.27. The Hall–Kier alpha value is -1.56. The summed E-state index contributed by atoms with van der Waals surface area (Å²) in [5, 5.41) is 0.817.